The first-order valence-electron chi connectivity index (χ1n) is 9.90. The number of nitrogens with zero attached hydrogens (tertiary/aromatic N) is 4. The molecule has 1 aliphatic heterocycles. The van der Waals surface area contributed by atoms with Crippen molar-refractivity contribution in [3.8, 4) is 17.1 Å². The number of carbonyl (C=O) groups is 1. The smallest absolute Gasteiger partial charge is 0.246 e. The number of piperazine rings is 1. The largest absolute Gasteiger partial charge is 0.496 e. The van der Waals surface area contributed by atoms with Crippen LogP contribution in [-0.4, -0.2) is 54.2 Å². The SMILES string of the molecule is COc1ccccc1C=CC(=O)N1CCN(c2ccc(-c3noc(C)n3)cc2)CC1. The van der Waals surface area contributed by atoms with Crippen LogP contribution < -0.4 is 9.64 Å². The minimum Gasteiger partial charge on any atom is -0.496 e. The molecule has 0 atom stereocenters. The molecule has 1 aliphatic rings. The van der Waals surface area contributed by atoms with Crippen molar-refractivity contribution < 1.29 is 14.1 Å². The Morgan fingerprint density at radius 1 is 1.07 bits per heavy atom. The second-order valence-corrected chi connectivity index (χ2v) is 7.07. The van der Waals surface area contributed by atoms with E-state index in [0.717, 1.165) is 35.7 Å². The fourth-order valence-electron chi connectivity index (χ4n) is 3.49. The fourth-order valence-corrected chi connectivity index (χ4v) is 3.49. The van der Waals surface area contributed by atoms with Gasteiger partial charge in [0.25, 0.3) is 0 Å². The Labute approximate surface area is 175 Å². The molecule has 0 spiro atoms. The van der Waals surface area contributed by atoms with E-state index in [1.54, 1.807) is 20.1 Å². The van der Waals surface area contributed by atoms with Crippen LogP contribution in [0.15, 0.2) is 59.1 Å². The lowest BCUT2D eigenvalue weighted by atomic mass is 10.1. The standard InChI is InChI=1S/C23H24N4O3/c1-17-24-23(25-30-17)19-7-10-20(11-8-19)26-13-15-27(16-14-26)22(28)12-9-18-5-3-4-6-21(18)29-2/h3-12H,13-16H2,1-2H3. The third kappa shape index (κ3) is 4.35. The second kappa shape index (κ2) is 8.82. The number of hydrogen-bond donors (Lipinski definition) is 0. The van der Waals surface area contributed by atoms with Crippen molar-refractivity contribution in [1.29, 1.82) is 0 Å². The molecule has 0 bridgehead atoms. The Bertz CT molecular complexity index is 1030. The zero-order valence-electron chi connectivity index (χ0n) is 17.1. The molecule has 0 saturated carbocycles. The molecule has 0 aliphatic carbocycles. The van der Waals surface area contributed by atoms with Gasteiger partial charge in [-0.1, -0.05) is 23.4 Å². The van der Waals surface area contributed by atoms with Crippen LogP contribution in [0.2, 0.25) is 0 Å². The third-order valence-corrected chi connectivity index (χ3v) is 5.15. The van der Waals surface area contributed by atoms with Gasteiger partial charge in [-0.25, -0.2) is 0 Å². The van der Waals surface area contributed by atoms with E-state index in [0.29, 0.717) is 24.8 Å². The van der Waals surface area contributed by atoms with Gasteiger partial charge in [0.2, 0.25) is 17.6 Å². The van der Waals surface area contributed by atoms with Crippen LogP contribution in [-0.2, 0) is 4.79 Å². The van der Waals surface area contributed by atoms with Crippen LogP contribution in [0.5, 0.6) is 5.75 Å². The normalized spacial score (nSPS) is 14.3. The number of amides is 1. The molecule has 2 heterocycles. The van der Waals surface area contributed by atoms with Crippen molar-refractivity contribution >= 4 is 17.7 Å². The van der Waals surface area contributed by atoms with E-state index in [9.17, 15) is 4.79 Å². The number of para-hydroxylation sites is 1. The summed E-state index contributed by atoms with van der Waals surface area (Å²) in [4.78, 5) is 21.0. The molecule has 1 saturated heterocycles. The monoisotopic (exact) mass is 404 g/mol. The number of aryl methyl sites for hydroxylation is 1. The first-order chi connectivity index (χ1) is 14.6. The minimum atomic E-state index is 0.0170. The van der Waals surface area contributed by atoms with E-state index >= 15 is 0 Å². The number of ether oxygens (including phenoxy) is 1. The summed E-state index contributed by atoms with van der Waals surface area (Å²) in [5.74, 6) is 1.92. The van der Waals surface area contributed by atoms with Crippen LogP contribution in [0.3, 0.4) is 0 Å². The second-order valence-electron chi connectivity index (χ2n) is 7.07. The van der Waals surface area contributed by atoms with Gasteiger partial charge in [0.1, 0.15) is 5.75 Å². The summed E-state index contributed by atoms with van der Waals surface area (Å²) in [6.07, 6.45) is 3.43. The molecular formula is C23H24N4O3. The van der Waals surface area contributed by atoms with E-state index in [-0.39, 0.29) is 5.91 Å². The molecule has 1 amide bonds. The van der Waals surface area contributed by atoms with E-state index in [1.807, 2.05) is 47.4 Å². The molecule has 154 valence electrons. The van der Waals surface area contributed by atoms with Crippen molar-refractivity contribution in [2.75, 3.05) is 38.2 Å². The van der Waals surface area contributed by atoms with Crippen molar-refractivity contribution in [2.24, 2.45) is 0 Å². The van der Waals surface area contributed by atoms with Gasteiger partial charge in [0.15, 0.2) is 0 Å². The molecule has 0 radical (unpaired) electrons. The summed E-state index contributed by atoms with van der Waals surface area (Å²) in [5, 5.41) is 3.95. The van der Waals surface area contributed by atoms with Gasteiger partial charge in [0, 0.05) is 56.0 Å². The highest BCUT2D eigenvalue weighted by Gasteiger charge is 2.20. The minimum absolute atomic E-state index is 0.0170. The highest BCUT2D eigenvalue weighted by atomic mass is 16.5. The molecule has 1 fully saturated rings. The first kappa shape index (κ1) is 19.7. The van der Waals surface area contributed by atoms with Crippen molar-refractivity contribution in [3.63, 3.8) is 0 Å². The van der Waals surface area contributed by atoms with E-state index in [2.05, 4.69) is 27.2 Å². The molecule has 30 heavy (non-hydrogen) atoms. The summed E-state index contributed by atoms with van der Waals surface area (Å²) < 4.78 is 10.4. The Balaban J connectivity index is 1.34. The summed E-state index contributed by atoms with van der Waals surface area (Å²) in [6, 6.07) is 15.7. The molecule has 3 aromatic rings. The maximum Gasteiger partial charge on any atom is 0.246 e. The number of methoxy groups -OCH3 is 1. The summed E-state index contributed by atoms with van der Waals surface area (Å²) in [7, 11) is 1.63. The van der Waals surface area contributed by atoms with Crippen molar-refractivity contribution in [1.82, 2.24) is 15.0 Å². The number of aromatic nitrogens is 2. The predicted octanol–water partition coefficient (Wildman–Crippen LogP) is 3.42. The van der Waals surface area contributed by atoms with E-state index < -0.39 is 0 Å². The molecule has 7 heteroatoms. The van der Waals surface area contributed by atoms with E-state index in [1.165, 1.54) is 0 Å². The third-order valence-electron chi connectivity index (χ3n) is 5.15. The zero-order chi connectivity index (χ0) is 20.9. The summed E-state index contributed by atoms with van der Waals surface area (Å²) in [5.41, 5.74) is 2.94. The molecule has 7 nitrogen and oxygen atoms in total. The summed E-state index contributed by atoms with van der Waals surface area (Å²) in [6.45, 7) is 4.71. The number of anilines is 1. The average molecular weight is 404 g/mol. The quantitative estimate of drug-likeness (QED) is 0.607. The lowest BCUT2D eigenvalue weighted by Crippen LogP contribution is -2.48. The van der Waals surface area contributed by atoms with Crippen LogP contribution >= 0.6 is 0 Å². The highest BCUT2D eigenvalue weighted by Crippen LogP contribution is 2.23. The van der Waals surface area contributed by atoms with Crippen molar-refractivity contribution in [2.45, 2.75) is 6.92 Å². The molecule has 0 N–H and O–H groups in total. The number of benzene rings is 2. The maximum absolute atomic E-state index is 12.6. The molecular weight excluding hydrogens is 380 g/mol. The van der Waals surface area contributed by atoms with E-state index in [4.69, 9.17) is 9.26 Å². The van der Waals surface area contributed by atoms with Gasteiger partial charge in [-0.3, -0.25) is 4.79 Å². The number of rotatable bonds is 5. The van der Waals surface area contributed by atoms with Gasteiger partial charge in [-0.2, -0.15) is 4.98 Å². The van der Waals surface area contributed by atoms with Crippen LogP contribution in [0.1, 0.15) is 11.5 Å². The molecule has 0 unspecified atom stereocenters. The Hall–Kier alpha value is -3.61. The Morgan fingerprint density at radius 3 is 2.47 bits per heavy atom. The predicted molar refractivity (Wildman–Crippen MR) is 115 cm³/mol. The molecule has 4 rings (SSSR count). The lowest BCUT2D eigenvalue weighted by Gasteiger charge is -2.35. The van der Waals surface area contributed by atoms with Crippen LogP contribution in [0, 0.1) is 6.92 Å². The number of carbonyl (C=O) groups excluding carboxylic acids is 1. The maximum atomic E-state index is 12.6. The summed E-state index contributed by atoms with van der Waals surface area (Å²) >= 11 is 0. The fraction of sp³-hybridized carbons (Fsp3) is 0.261. The zero-order valence-corrected chi connectivity index (χ0v) is 17.1. The lowest BCUT2D eigenvalue weighted by molar-refractivity contribution is -0.126. The Morgan fingerprint density at radius 2 is 1.80 bits per heavy atom. The first-order valence-corrected chi connectivity index (χ1v) is 9.90. The van der Waals surface area contributed by atoms with Crippen LogP contribution in [0.25, 0.3) is 17.5 Å². The van der Waals surface area contributed by atoms with Crippen LogP contribution in [0.4, 0.5) is 5.69 Å². The highest BCUT2D eigenvalue weighted by molar-refractivity contribution is 5.92. The van der Waals surface area contributed by atoms with Gasteiger partial charge < -0.3 is 19.1 Å². The van der Waals surface area contributed by atoms with Gasteiger partial charge >= 0.3 is 0 Å². The molecule has 2 aromatic carbocycles. The topological polar surface area (TPSA) is 71.7 Å². The van der Waals surface area contributed by atoms with Gasteiger partial charge in [-0.15, -0.1) is 0 Å². The van der Waals surface area contributed by atoms with Gasteiger partial charge in [-0.05, 0) is 36.4 Å². The van der Waals surface area contributed by atoms with Gasteiger partial charge in [0.05, 0.1) is 7.11 Å². The average Bonchev–Trinajstić information content (AvgIpc) is 3.24. The Kier molecular flexibility index (Phi) is 5.79. The molecule has 1 aromatic heterocycles. The number of hydrogen-bond acceptors (Lipinski definition) is 6. The van der Waals surface area contributed by atoms with Crippen molar-refractivity contribution in [3.05, 3.63) is 66.1 Å².